The van der Waals surface area contributed by atoms with Crippen molar-refractivity contribution in [1.82, 2.24) is 15.0 Å². The van der Waals surface area contributed by atoms with Gasteiger partial charge in [-0.05, 0) is 35.8 Å². The van der Waals surface area contributed by atoms with Crippen LogP contribution >= 0.6 is 15.9 Å². The highest BCUT2D eigenvalue weighted by atomic mass is 79.9. The van der Waals surface area contributed by atoms with E-state index in [0.717, 1.165) is 21.3 Å². The van der Waals surface area contributed by atoms with Gasteiger partial charge >= 0.3 is 0 Å². The zero-order chi connectivity index (χ0) is 12.4. The van der Waals surface area contributed by atoms with Crippen LogP contribution in [0.1, 0.15) is 24.3 Å². The molecule has 0 amide bonds. The summed E-state index contributed by atoms with van der Waals surface area (Å²) in [5.41, 5.74) is 2.38. The number of aliphatic hydroxyl groups excluding tert-OH is 1. The van der Waals surface area contributed by atoms with Crippen LogP contribution < -0.4 is 0 Å². The van der Waals surface area contributed by atoms with Gasteiger partial charge < -0.3 is 5.11 Å². The van der Waals surface area contributed by atoms with Gasteiger partial charge in [0.2, 0.25) is 0 Å². The van der Waals surface area contributed by atoms with E-state index in [-0.39, 0.29) is 0 Å². The van der Waals surface area contributed by atoms with E-state index in [0.29, 0.717) is 5.82 Å². The molecule has 0 aliphatic heterocycles. The maximum absolute atomic E-state index is 9.51. The minimum Gasteiger partial charge on any atom is -0.389 e. The molecule has 0 radical (unpaired) electrons. The molecule has 0 saturated heterocycles. The number of hydrogen-bond acceptors (Lipinski definition) is 4. The van der Waals surface area contributed by atoms with Gasteiger partial charge in [-0.15, -0.1) is 0 Å². The van der Waals surface area contributed by atoms with Crippen LogP contribution in [0.2, 0.25) is 0 Å². The number of hydrogen-bond donors (Lipinski definition) is 1. The van der Waals surface area contributed by atoms with E-state index >= 15 is 0 Å². The first kappa shape index (κ1) is 12.1. The van der Waals surface area contributed by atoms with Gasteiger partial charge in [0.25, 0.3) is 0 Å². The number of rotatable bonds is 2. The molecule has 1 N–H and O–H groups in total. The van der Waals surface area contributed by atoms with Crippen LogP contribution in [0.4, 0.5) is 0 Å². The molecule has 0 spiro atoms. The maximum atomic E-state index is 9.51. The molecular formula is C12H12BrN3O. The van der Waals surface area contributed by atoms with Gasteiger partial charge in [-0.3, -0.25) is 4.98 Å². The number of aliphatic hydroxyl groups is 1. The summed E-state index contributed by atoms with van der Waals surface area (Å²) in [4.78, 5) is 12.7. The number of aryl methyl sites for hydroxylation is 1. The highest BCUT2D eigenvalue weighted by Gasteiger charge is 2.09. The highest BCUT2D eigenvalue weighted by Crippen LogP contribution is 2.21. The molecule has 0 aliphatic carbocycles. The Balaban J connectivity index is 2.44. The van der Waals surface area contributed by atoms with Crippen LogP contribution in [0.5, 0.6) is 0 Å². The summed E-state index contributed by atoms with van der Waals surface area (Å²) in [6.45, 7) is 3.56. The topological polar surface area (TPSA) is 58.9 Å². The molecule has 88 valence electrons. The summed E-state index contributed by atoms with van der Waals surface area (Å²) in [5, 5.41) is 9.51. The van der Waals surface area contributed by atoms with Crippen LogP contribution in [0.25, 0.3) is 11.4 Å². The summed E-state index contributed by atoms with van der Waals surface area (Å²) in [6, 6.07) is 1.91. The van der Waals surface area contributed by atoms with Crippen LogP contribution in [-0.2, 0) is 0 Å². The molecular weight excluding hydrogens is 282 g/mol. The van der Waals surface area contributed by atoms with E-state index in [1.807, 2.05) is 13.0 Å². The number of aromatic nitrogens is 3. The van der Waals surface area contributed by atoms with E-state index in [1.165, 1.54) is 0 Å². The summed E-state index contributed by atoms with van der Waals surface area (Å²) in [7, 11) is 0. The first-order valence-electron chi connectivity index (χ1n) is 5.20. The molecule has 0 fully saturated rings. The van der Waals surface area contributed by atoms with Crippen LogP contribution in [0.15, 0.2) is 29.1 Å². The quantitative estimate of drug-likeness (QED) is 0.925. The van der Waals surface area contributed by atoms with E-state index in [2.05, 4.69) is 30.9 Å². The standard InChI is InChI=1S/C12H12BrN3O/c1-7-11(8(2)17)6-15-12(16-7)9-3-10(13)5-14-4-9/h3-6,8,17H,1-2H3/t8-/m1/s1. The lowest BCUT2D eigenvalue weighted by Gasteiger charge is -2.08. The molecule has 2 aromatic heterocycles. The molecule has 2 aromatic rings. The molecule has 0 aromatic carbocycles. The zero-order valence-electron chi connectivity index (χ0n) is 9.55. The second-order valence-corrected chi connectivity index (χ2v) is 4.72. The second kappa shape index (κ2) is 4.89. The lowest BCUT2D eigenvalue weighted by Crippen LogP contribution is -2.01. The lowest BCUT2D eigenvalue weighted by molar-refractivity contribution is 0.197. The van der Waals surface area contributed by atoms with E-state index in [9.17, 15) is 5.11 Å². The van der Waals surface area contributed by atoms with E-state index in [1.54, 1.807) is 25.5 Å². The second-order valence-electron chi connectivity index (χ2n) is 3.80. The van der Waals surface area contributed by atoms with Crippen molar-refractivity contribution in [1.29, 1.82) is 0 Å². The van der Waals surface area contributed by atoms with Gasteiger partial charge in [0, 0.05) is 39.9 Å². The molecule has 2 heterocycles. The lowest BCUT2D eigenvalue weighted by atomic mass is 10.1. The molecule has 5 heteroatoms. The SMILES string of the molecule is Cc1nc(-c2cncc(Br)c2)ncc1[C@@H](C)O. The Morgan fingerprint density at radius 3 is 2.65 bits per heavy atom. The highest BCUT2D eigenvalue weighted by molar-refractivity contribution is 9.10. The smallest absolute Gasteiger partial charge is 0.160 e. The Hall–Kier alpha value is -1.33. The van der Waals surface area contributed by atoms with Gasteiger partial charge in [0.1, 0.15) is 0 Å². The molecule has 4 nitrogen and oxygen atoms in total. The average molecular weight is 294 g/mol. The van der Waals surface area contributed by atoms with Gasteiger partial charge in [-0.1, -0.05) is 0 Å². The third kappa shape index (κ3) is 2.68. The maximum Gasteiger partial charge on any atom is 0.160 e. The van der Waals surface area contributed by atoms with Crippen molar-refractivity contribution >= 4 is 15.9 Å². The first-order valence-corrected chi connectivity index (χ1v) is 5.99. The predicted octanol–water partition coefficient (Wildman–Crippen LogP) is 2.66. The fourth-order valence-corrected chi connectivity index (χ4v) is 1.92. The van der Waals surface area contributed by atoms with Crippen molar-refractivity contribution in [2.45, 2.75) is 20.0 Å². The predicted molar refractivity (Wildman–Crippen MR) is 68.3 cm³/mol. The van der Waals surface area contributed by atoms with Crippen molar-refractivity contribution < 1.29 is 5.11 Å². The van der Waals surface area contributed by atoms with E-state index in [4.69, 9.17) is 0 Å². The molecule has 1 atom stereocenters. The minimum atomic E-state index is -0.551. The third-order valence-electron chi connectivity index (χ3n) is 2.43. The van der Waals surface area contributed by atoms with Crippen molar-refractivity contribution in [2.75, 3.05) is 0 Å². The monoisotopic (exact) mass is 293 g/mol. The van der Waals surface area contributed by atoms with Crippen molar-refractivity contribution in [2.24, 2.45) is 0 Å². The summed E-state index contributed by atoms with van der Waals surface area (Å²) < 4.78 is 0.885. The Bertz CT molecular complexity index is 543. The Morgan fingerprint density at radius 2 is 2.06 bits per heavy atom. The molecule has 0 unspecified atom stereocenters. The average Bonchev–Trinajstić information content (AvgIpc) is 2.28. The number of halogens is 1. The van der Waals surface area contributed by atoms with Crippen LogP contribution in [0.3, 0.4) is 0 Å². The summed E-state index contributed by atoms with van der Waals surface area (Å²) in [5.74, 6) is 0.612. The number of pyridine rings is 1. The molecule has 17 heavy (non-hydrogen) atoms. The Labute approximate surface area is 108 Å². The summed E-state index contributed by atoms with van der Waals surface area (Å²) in [6.07, 6.45) is 4.52. The van der Waals surface area contributed by atoms with Gasteiger partial charge in [-0.25, -0.2) is 9.97 Å². The molecule has 0 saturated carbocycles. The summed E-state index contributed by atoms with van der Waals surface area (Å²) >= 11 is 3.36. The number of nitrogens with zero attached hydrogens (tertiary/aromatic N) is 3. The molecule has 0 bridgehead atoms. The Morgan fingerprint density at radius 1 is 1.29 bits per heavy atom. The minimum absolute atomic E-state index is 0.551. The van der Waals surface area contributed by atoms with Crippen LogP contribution in [0, 0.1) is 6.92 Å². The van der Waals surface area contributed by atoms with Gasteiger partial charge in [-0.2, -0.15) is 0 Å². The van der Waals surface area contributed by atoms with Crippen molar-refractivity contribution in [3.8, 4) is 11.4 Å². The molecule has 2 rings (SSSR count). The van der Waals surface area contributed by atoms with Crippen molar-refractivity contribution in [3.63, 3.8) is 0 Å². The fourth-order valence-electron chi connectivity index (χ4n) is 1.56. The third-order valence-corrected chi connectivity index (χ3v) is 2.86. The normalized spacial score (nSPS) is 12.5. The van der Waals surface area contributed by atoms with E-state index < -0.39 is 6.10 Å². The largest absolute Gasteiger partial charge is 0.389 e. The fraction of sp³-hybridized carbons (Fsp3) is 0.250. The van der Waals surface area contributed by atoms with Crippen LogP contribution in [-0.4, -0.2) is 20.1 Å². The van der Waals surface area contributed by atoms with Gasteiger partial charge in [0.05, 0.1) is 6.10 Å². The van der Waals surface area contributed by atoms with Gasteiger partial charge in [0.15, 0.2) is 5.82 Å². The Kier molecular flexibility index (Phi) is 3.49. The zero-order valence-corrected chi connectivity index (χ0v) is 11.1. The molecule has 0 aliphatic rings. The first-order chi connectivity index (χ1) is 8.08. The van der Waals surface area contributed by atoms with Crippen molar-refractivity contribution in [3.05, 3.63) is 40.4 Å².